The fraction of sp³-hybridized carbons (Fsp3) is 0.455. The fourth-order valence-corrected chi connectivity index (χ4v) is 3.88. The van der Waals surface area contributed by atoms with Gasteiger partial charge in [-0.05, 0) is 37.0 Å². The lowest BCUT2D eigenvalue weighted by Crippen LogP contribution is -2.48. The van der Waals surface area contributed by atoms with Crippen LogP contribution in [0.25, 0.3) is 0 Å². The van der Waals surface area contributed by atoms with E-state index in [2.05, 4.69) is 9.97 Å². The van der Waals surface area contributed by atoms with Crippen LogP contribution < -0.4 is 9.64 Å². The van der Waals surface area contributed by atoms with E-state index in [1.807, 2.05) is 6.92 Å². The number of rotatable bonds is 6. The van der Waals surface area contributed by atoms with Crippen molar-refractivity contribution in [3.05, 3.63) is 48.0 Å². The lowest BCUT2D eigenvalue weighted by Gasteiger charge is -2.33. The van der Waals surface area contributed by atoms with Crippen LogP contribution in [0.3, 0.4) is 0 Å². The molecule has 8 nitrogen and oxygen atoms in total. The van der Waals surface area contributed by atoms with Gasteiger partial charge in [0.2, 0.25) is 5.91 Å². The van der Waals surface area contributed by atoms with E-state index in [9.17, 15) is 14.0 Å². The Bertz CT molecular complexity index is 939. The summed E-state index contributed by atoms with van der Waals surface area (Å²) in [5.74, 6) is -0.589. The number of carbonyl (C=O) groups excluding carboxylic acids is 2. The molecule has 1 aromatic heterocycles. The molecule has 2 aliphatic rings. The SMILES string of the molecule is CCc1cnc(OC2CCCN(C(=O)CN3CCN(c4ccccc4F)C3=O)C2)nc1. The highest BCUT2D eigenvalue weighted by molar-refractivity contribution is 5.96. The lowest BCUT2D eigenvalue weighted by atomic mass is 10.1. The number of nitrogens with zero attached hydrogens (tertiary/aromatic N) is 5. The predicted octanol–water partition coefficient (Wildman–Crippen LogP) is 2.49. The number of amides is 3. The van der Waals surface area contributed by atoms with Gasteiger partial charge in [-0.15, -0.1) is 0 Å². The third-order valence-electron chi connectivity index (χ3n) is 5.66. The van der Waals surface area contributed by atoms with Gasteiger partial charge in [-0.1, -0.05) is 19.1 Å². The van der Waals surface area contributed by atoms with Gasteiger partial charge in [-0.25, -0.2) is 19.2 Å². The zero-order valence-corrected chi connectivity index (χ0v) is 17.5. The van der Waals surface area contributed by atoms with E-state index >= 15 is 0 Å². The average Bonchev–Trinajstić information content (AvgIpc) is 3.14. The largest absolute Gasteiger partial charge is 0.458 e. The number of ether oxygens (including phenoxy) is 1. The first-order chi connectivity index (χ1) is 15.0. The molecule has 31 heavy (non-hydrogen) atoms. The summed E-state index contributed by atoms with van der Waals surface area (Å²) in [5, 5.41) is 0. The summed E-state index contributed by atoms with van der Waals surface area (Å²) in [7, 11) is 0. The van der Waals surface area contributed by atoms with Crippen molar-refractivity contribution in [2.45, 2.75) is 32.3 Å². The van der Waals surface area contributed by atoms with Crippen LogP contribution in [0, 0.1) is 5.82 Å². The number of para-hydroxylation sites is 1. The third-order valence-corrected chi connectivity index (χ3v) is 5.66. The van der Waals surface area contributed by atoms with Crippen LogP contribution in [-0.4, -0.2) is 70.5 Å². The first kappa shape index (κ1) is 21.0. The van der Waals surface area contributed by atoms with Gasteiger partial charge in [0.05, 0.1) is 12.2 Å². The Hall–Kier alpha value is -3.23. The molecule has 2 fully saturated rings. The van der Waals surface area contributed by atoms with E-state index in [0.29, 0.717) is 32.2 Å². The summed E-state index contributed by atoms with van der Waals surface area (Å²) in [6.07, 6.45) is 5.78. The van der Waals surface area contributed by atoms with Gasteiger partial charge < -0.3 is 14.5 Å². The molecule has 164 valence electrons. The second kappa shape index (κ2) is 9.28. The Morgan fingerprint density at radius 1 is 1.19 bits per heavy atom. The van der Waals surface area contributed by atoms with E-state index in [1.165, 1.54) is 15.9 Å². The number of likely N-dealkylation sites (tertiary alicyclic amines) is 1. The Kier molecular flexibility index (Phi) is 6.29. The van der Waals surface area contributed by atoms with Gasteiger partial charge >= 0.3 is 12.0 Å². The van der Waals surface area contributed by atoms with Crippen LogP contribution in [0.2, 0.25) is 0 Å². The van der Waals surface area contributed by atoms with Crippen LogP contribution in [-0.2, 0) is 11.2 Å². The molecule has 2 aromatic rings. The van der Waals surface area contributed by atoms with Gasteiger partial charge in [0, 0.05) is 32.0 Å². The van der Waals surface area contributed by atoms with Crippen LogP contribution in [0.5, 0.6) is 6.01 Å². The van der Waals surface area contributed by atoms with Crippen molar-refractivity contribution >= 4 is 17.6 Å². The Labute approximate surface area is 180 Å². The molecular weight excluding hydrogens is 401 g/mol. The normalized spacial score (nSPS) is 19.1. The first-order valence-corrected chi connectivity index (χ1v) is 10.6. The number of benzene rings is 1. The van der Waals surface area contributed by atoms with Crippen LogP contribution in [0.1, 0.15) is 25.3 Å². The third kappa shape index (κ3) is 4.76. The number of anilines is 1. The average molecular weight is 427 g/mol. The maximum absolute atomic E-state index is 14.0. The predicted molar refractivity (Wildman–Crippen MR) is 112 cm³/mol. The Morgan fingerprint density at radius 3 is 2.71 bits per heavy atom. The quantitative estimate of drug-likeness (QED) is 0.708. The van der Waals surface area contributed by atoms with Gasteiger partial charge in [0.15, 0.2) is 0 Å². The second-order valence-electron chi connectivity index (χ2n) is 7.76. The number of urea groups is 1. The zero-order valence-electron chi connectivity index (χ0n) is 17.5. The molecule has 0 bridgehead atoms. The summed E-state index contributed by atoms with van der Waals surface area (Å²) in [4.78, 5) is 38.6. The van der Waals surface area contributed by atoms with E-state index in [-0.39, 0.29) is 30.3 Å². The molecule has 4 rings (SSSR count). The molecule has 0 spiro atoms. The van der Waals surface area contributed by atoms with Crippen LogP contribution >= 0.6 is 0 Å². The molecule has 1 aromatic carbocycles. The van der Waals surface area contributed by atoms with Crippen molar-refractivity contribution in [2.24, 2.45) is 0 Å². The maximum atomic E-state index is 14.0. The number of piperidine rings is 1. The number of hydrogen-bond acceptors (Lipinski definition) is 5. The number of halogens is 1. The molecule has 2 aliphatic heterocycles. The van der Waals surface area contributed by atoms with Gasteiger partial charge in [-0.2, -0.15) is 0 Å². The summed E-state index contributed by atoms with van der Waals surface area (Å²) in [6, 6.07) is 6.12. The monoisotopic (exact) mass is 427 g/mol. The molecule has 0 aliphatic carbocycles. The van der Waals surface area contributed by atoms with E-state index in [1.54, 1.807) is 35.5 Å². The fourth-order valence-electron chi connectivity index (χ4n) is 3.88. The minimum atomic E-state index is -0.450. The van der Waals surface area contributed by atoms with Crippen molar-refractivity contribution in [1.82, 2.24) is 19.8 Å². The summed E-state index contributed by atoms with van der Waals surface area (Å²) in [5.41, 5.74) is 1.27. The summed E-state index contributed by atoms with van der Waals surface area (Å²) in [6.45, 7) is 3.78. The maximum Gasteiger partial charge on any atom is 0.325 e. The number of aromatic nitrogens is 2. The van der Waals surface area contributed by atoms with Gasteiger partial charge in [-0.3, -0.25) is 9.69 Å². The molecule has 0 N–H and O–H groups in total. The highest BCUT2D eigenvalue weighted by Gasteiger charge is 2.34. The molecule has 0 saturated carbocycles. The van der Waals surface area contributed by atoms with Crippen molar-refractivity contribution in [1.29, 1.82) is 0 Å². The van der Waals surface area contributed by atoms with Crippen molar-refractivity contribution in [3.63, 3.8) is 0 Å². The molecule has 2 saturated heterocycles. The summed E-state index contributed by atoms with van der Waals surface area (Å²) < 4.78 is 19.9. The molecule has 9 heteroatoms. The lowest BCUT2D eigenvalue weighted by molar-refractivity contribution is -0.134. The minimum Gasteiger partial charge on any atom is -0.458 e. The zero-order chi connectivity index (χ0) is 21.8. The van der Waals surface area contributed by atoms with Crippen LogP contribution in [0.15, 0.2) is 36.7 Å². The smallest absolute Gasteiger partial charge is 0.325 e. The molecule has 1 atom stereocenters. The van der Waals surface area contributed by atoms with E-state index < -0.39 is 5.82 Å². The Morgan fingerprint density at radius 2 is 1.97 bits per heavy atom. The van der Waals surface area contributed by atoms with Crippen molar-refractivity contribution < 1.29 is 18.7 Å². The van der Waals surface area contributed by atoms with Crippen molar-refractivity contribution in [2.75, 3.05) is 37.6 Å². The van der Waals surface area contributed by atoms with E-state index in [0.717, 1.165) is 24.8 Å². The molecule has 3 heterocycles. The summed E-state index contributed by atoms with van der Waals surface area (Å²) >= 11 is 0. The highest BCUT2D eigenvalue weighted by Crippen LogP contribution is 2.23. The molecule has 1 unspecified atom stereocenters. The molecular formula is C22H26FN5O3. The number of carbonyl (C=O) groups is 2. The highest BCUT2D eigenvalue weighted by atomic mass is 19.1. The Balaban J connectivity index is 1.33. The first-order valence-electron chi connectivity index (χ1n) is 10.6. The van der Waals surface area contributed by atoms with Crippen molar-refractivity contribution in [3.8, 4) is 6.01 Å². The second-order valence-corrected chi connectivity index (χ2v) is 7.76. The molecule has 0 radical (unpaired) electrons. The number of hydrogen-bond donors (Lipinski definition) is 0. The minimum absolute atomic E-state index is 0.0296. The topological polar surface area (TPSA) is 78.9 Å². The van der Waals surface area contributed by atoms with Gasteiger partial charge in [0.1, 0.15) is 18.5 Å². The van der Waals surface area contributed by atoms with Gasteiger partial charge in [0.25, 0.3) is 0 Å². The van der Waals surface area contributed by atoms with Crippen LogP contribution in [0.4, 0.5) is 14.9 Å². The number of aryl methyl sites for hydroxylation is 1. The van der Waals surface area contributed by atoms with E-state index in [4.69, 9.17) is 4.74 Å². The standard InChI is InChI=1S/C22H26FN5O3/c1-2-16-12-24-21(25-13-16)31-17-6-5-9-26(14-17)20(29)15-27-10-11-28(22(27)30)19-8-4-3-7-18(19)23/h3-4,7-8,12-13,17H,2,5-6,9-11,14-15H2,1H3. The molecule has 3 amide bonds.